The zero-order chi connectivity index (χ0) is 11.7. The molecule has 1 heterocycles. The molecule has 82 valence electrons. The largest absolute Gasteiger partial charge is 0.328 e. The van der Waals surface area contributed by atoms with Gasteiger partial charge in [-0.2, -0.15) is 0 Å². The molecule has 5 heteroatoms. The Bertz CT molecular complexity index is 462. The number of barbiturate groups is 1. The maximum atomic E-state index is 11.6. The second kappa shape index (κ2) is 3.77. The lowest BCUT2D eigenvalue weighted by Crippen LogP contribution is -2.54. The van der Waals surface area contributed by atoms with Crippen LogP contribution < -0.4 is 10.6 Å². The van der Waals surface area contributed by atoms with Gasteiger partial charge in [0.25, 0.3) is 0 Å². The molecular weight excluding hydrogens is 208 g/mol. The van der Waals surface area contributed by atoms with Crippen molar-refractivity contribution in [3.8, 4) is 0 Å². The number of nitrogens with one attached hydrogen (secondary N) is 2. The van der Waals surface area contributed by atoms with Crippen LogP contribution in [0.25, 0.3) is 0 Å². The van der Waals surface area contributed by atoms with Gasteiger partial charge in [0.15, 0.2) is 0 Å². The fourth-order valence-corrected chi connectivity index (χ4v) is 1.71. The average molecular weight is 218 g/mol. The number of imide groups is 2. The molecule has 4 amide bonds. The van der Waals surface area contributed by atoms with E-state index in [-0.39, 0.29) is 0 Å². The Labute approximate surface area is 91.8 Å². The molecule has 1 aromatic rings. The summed E-state index contributed by atoms with van der Waals surface area (Å²) in [5, 5.41) is 4.15. The second-order valence-corrected chi connectivity index (χ2v) is 3.60. The summed E-state index contributed by atoms with van der Waals surface area (Å²) in [7, 11) is 0. The number of carbonyl (C=O) groups is 3. The average Bonchev–Trinajstić information content (AvgIpc) is 2.19. The fraction of sp³-hybridized carbons (Fsp3) is 0.182. The van der Waals surface area contributed by atoms with Gasteiger partial charge < -0.3 is 0 Å². The molecule has 1 aliphatic rings. The van der Waals surface area contributed by atoms with E-state index in [1.807, 2.05) is 19.1 Å². The Morgan fingerprint density at radius 3 is 2.12 bits per heavy atom. The highest BCUT2D eigenvalue weighted by molar-refractivity contribution is 6.19. The molecule has 16 heavy (non-hydrogen) atoms. The van der Waals surface area contributed by atoms with Crippen LogP contribution in [0.1, 0.15) is 17.0 Å². The molecule has 2 rings (SSSR count). The fourth-order valence-electron chi connectivity index (χ4n) is 1.71. The van der Waals surface area contributed by atoms with Gasteiger partial charge >= 0.3 is 6.03 Å². The van der Waals surface area contributed by atoms with E-state index in [0.29, 0.717) is 5.56 Å². The van der Waals surface area contributed by atoms with Crippen LogP contribution in [0.2, 0.25) is 0 Å². The van der Waals surface area contributed by atoms with E-state index in [1.165, 1.54) is 0 Å². The van der Waals surface area contributed by atoms with Gasteiger partial charge in [0, 0.05) is 0 Å². The van der Waals surface area contributed by atoms with Gasteiger partial charge in [-0.25, -0.2) is 4.79 Å². The first-order valence-electron chi connectivity index (χ1n) is 4.81. The molecule has 0 unspecified atom stereocenters. The molecule has 0 spiro atoms. The molecule has 5 nitrogen and oxygen atoms in total. The number of aryl methyl sites for hydroxylation is 1. The lowest BCUT2D eigenvalue weighted by atomic mass is 9.92. The second-order valence-electron chi connectivity index (χ2n) is 3.60. The van der Waals surface area contributed by atoms with E-state index >= 15 is 0 Å². The van der Waals surface area contributed by atoms with Crippen molar-refractivity contribution in [1.29, 1.82) is 0 Å². The van der Waals surface area contributed by atoms with Crippen molar-refractivity contribution in [2.75, 3.05) is 0 Å². The third kappa shape index (κ3) is 1.67. The first kappa shape index (κ1) is 10.4. The number of amides is 4. The number of benzene rings is 1. The molecule has 1 saturated heterocycles. The molecule has 1 fully saturated rings. The van der Waals surface area contributed by atoms with Gasteiger partial charge in [-0.1, -0.05) is 24.3 Å². The standard InChI is InChI=1S/C11H10N2O3/c1-6-4-2-3-5-7(6)8-9(14)12-11(16)13-10(8)15/h2-5,8H,1H3,(H2,12,13,14,15,16). The van der Waals surface area contributed by atoms with Crippen molar-refractivity contribution >= 4 is 17.8 Å². The summed E-state index contributed by atoms with van der Waals surface area (Å²) in [5.41, 5.74) is 1.46. The molecule has 0 aliphatic carbocycles. The highest BCUT2D eigenvalue weighted by atomic mass is 16.2. The number of hydrogen-bond acceptors (Lipinski definition) is 3. The summed E-state index contributed by atoms with van der Waals surface area (Å²) < 4.78 is 0. The zero-order valence-electron chi connectivity index (χ0n) is 8.61. The monoisotopic (exact) mass is 218 g/mol. The van der Waals surface area contributed by atoms with Crippen LogP contribution in [-0.2, 0) is 9.59 Å². The molecule has 0 bridgehead atoms. The SMILES string of the molecule is Cc1ccccc1C1C(=O)NC(=O)NC1=O. The molecule has 2 N–H and O–H groups in total. The van der Waals surface area contributed by atoms with Crippen LogP contribution in [0.5, 0.6) is 0 Å². The topological polar surface area (TPSA) is 75.3 Å². The summed E-state index contributed by atoms with van der Waals surface area (Å²) in [6.45, 7) is 1.81. The highest BCUT2D eigenvalue weighted by Gasteiger charge is 2.35. The quantitative estimate of drug-likeness (QED) is 0.672. The normalized spacial score (nSPS) is 16.9. The van der Waals surface area contributed by atoms with E-state index in [9.17, 15) is 14.4 Å². The van der Waals surface area contributed by atoms with Crippen LogP contribution in [0.3, 0.4) is 0 Å². The minimum atomic E-state index is -0.945. The van der Waals surface area contributed by atoms with E-state index in [2.05, 4.69) is 10.6 Å². The summed E-state index contributed by atoms with van der Waals surface area (Å²) in [4.78, 5) is 34.0. The van der Waals surface area contributed by atoms with Gasteiger partial charge in [0.2, 0.25) is 11.8 Å². The summed E-state index contributed by atoms with van der Waals surface area (Å²) in [6, 6.07) is 6.32. The van der Waals surface area contributed by atoms with Gasteiger partial charge in [-0.3, -0.25) is 20.2 Å². The van der Waals surface area contributed by atoms with Gasteiger partial charge in [-0.05, 0) is 18.1 Å². The van der Waals surface area contributed by atoms with E-state index < -0.39 is 23.8 Å². The Morgan fingerprint density at radius 2 is 1.56 bits per heavy atom. The predicted molar refractivity (Wildman–Crippen MR) is 55.6 cm³/mol. The Morgan fingerprint density at radius 1 is 1.00 bits per heavy atom. The molecular formula is C11H10N2O3. The zero-order valence-corrected chi connectivity index (χ0v) is 8.61. The van der Waals surface area contributed by atoms with Gasteiger partial charge in [0.05, 0.1) is 0 Å². The molecule has 1 aliphatic heterocycles. The Balaban J connectivity index is 2.41. The van der Waals surface area contributed by atoms with Crippen molar-refractivity contribution in [3.05, 3.63) is 35.4 Å². The third-order valence-electron chi connectivity index (χ3n) is 2.50. The molecule has 0 saturated carbocycles. The van der Waals surface area contributed by atoms with Crippen LogP contribution in [-0.4, -0.2) is 17.8 Å². The predicted octanol–water partition coefficient (Wildman–Crippen LogP) is 0.445. The van der Waals surface area contributed by atoms with E-state index in [4.69, 9.17) is 0 Å². The Hall–Kier alpha value is -2.17. The van der Waals surface area contributed by atoms with Crippen molar-refractivity contribution < 1.29 is 14.4 Å². The maximum Gasteiger partial charge on any atom is 0.328 e. The number of urea groups is 1. The third-order valence-corrected chi connectivity index (χ3v) is 2.50. The maximum absolute atomic E-state index is 11.6. The molecule has 0 radical (unpaired) electrons. The molecule has 0 atom stereocenters. The van der Waals surface area contributed by atoms with Crippen molar-refractivity contribution in [3.63, 3.8) is 0 Å². The smallest absolute Gasteiger partial charge is 0.277 e. The summed E-state index contributed by atoms with van der Waals surface area (Å²) >= 11 is 0. The van der Waals surface area contributed by atoms with Crippen molar-refractivity contribution in [1.82, 2.24) is 10.6 Å². The number of hydrogen-bond donors (Lipinski definition) is 2. The number of rotatable bonds is 1. The minimum absolute atomic E-state index is 0.581. The molecule has 1 aromatic carbocycles. The number of carbonyl (C=O) groups excluding carboxylic acids is 3. The van der Waals surface area contributed by atoms with Gasteiger partial charge in [0.1, 0.15) is 5.92 Å². The first-order valence-corrected chi connectivity index (χ1v) is 4.81. The first-order chi connectivity index (χ1) is 7.59. The van der Waals surface area contributed by atoms with Crippen LogP contribution >= 0.6 is 0 Å². The summed E-state index contributed by atoms with van der Waals surface area (Å²) in [5.74, 6) is -2.11. The van der Waals surface area contributed by atoms with Gasteiger partial charge in [-0.15, -0.1) is 0 Å². The van der Waals surface area contributed by atoms with Crippen molar-refractivity contribution in [2.45, 2.75) is 12.8 Å². The summed E-state index contributed by atoms with van der Waals surface area (Å²) in [6.07, 6.45) is 0. The van der Waals surface area contributed by atoms with Crippen LogP contribution in [0.15, 0.2) is 24.3 Å². The Kier molecular flexibility index (Phi) is 2.44. The van der Waals surface area contributed by atoms with E-state index in [0.717, 1.165) is 5.56 Å². The van der Waals surface area contributed by atoms with Crippen molar-refractivity contribution in [2.24, 2.45) is 0 Å². The molecule has 0 aromatic heterocycles. The lowest BCUT2D eigenvalue weighted by molar-refractivity contribution is -0.132. The van der Waals surface area contributed by atoms with Crippen LogP contribution in [0, 0.1) is 6.92 Å². The minimum Gasteiger partial charge on any atom is -0.277 e. The van der Waals surface area contributed by atoms with E-state index in [1.54, 1.807) is 12.1 Å². The lowest BCUT2D eigenvalue weighted by Gasteiger charge is -2.21. The highest BCUT2D eigenvalue weighted by Crippen LogP contribution is 2.21. The van der Waals surface area contributed by atoms with Crippen LogP contribution in [0.4, 0.5) is 4.79 Å².